The van der Waals surface area contributed by atoms with Crippen molar-refractivity contribution in [2.75, 3.05) is 25.2 Å². The number of anilines is 1. The Morgan fingerprint density at radius 2 is 1.79 bits per heavy atom. The maximum atomic E-state index is 13.8. The Balaban J connectivity index is 1.38. The van der Waals surface area contributed by atoms with Gasteiger partial charge in [0.2, 0.25) is 11.8 Å². The number of aliphatic carboxylic acids is 1. The lowest BCUT2D eigenvalue weighted by molar-refractivity contribution is -0.141. The fourth-order valence-corrected chi connectivity index (χ4v) is 6.18. The second-order valence-electron chi connectivity index (χ2n) is 10.3. The number of carbonyl (C=O) groups is 2. The van der Waals surface area contributed by atoms with Gasteiger partial charge >= 0.3 is 5.97 Å². The van der Waals surface area contributed by atoms with Crippen LogP contribution < -0.4 is 9.64 Å². The van der Waals surface area contributed by atoms with Crippen molar-refractivity contribution < 1.29 is 24.2 Å². The SMILES string of the molecule is COCCOc1cnc(-c2ccccc2-c2csc(N(C(=O)[C@@H](CC(=O)O)CC3CCCC3)C3CC3)n2)cn1. The maximum Gasteiger partial charge on any atom is 0.304 e. The molecule has 1 N–H and O–H groups in total. The van der Waals surface area contributed by atoms with Crippen LogP contribution >= 0.6 is 11.3 Å². The first-order valence-corrected chi connectivity index (χ1v) is 14.5. The Labute approximate surface area is 232 Å². The van der Waals surface area contributed by atoms with E-state index in [2.05, 4.69) is 9.97 Å². The van der Waals surface area contributed by atoms with Crippen LogP contribution in [0, 0.1) is 11.8 Å². The van der Waals surface area contributed by atoms with Crippen molar-refractivity contribution in [1.82, 2.24) is 15.0 Å². The van der Waals surface area contributed by atoms with Gasteiger partial charge in [-0.2, -0.15) is 0 Å². The van der Waals surface area contributed by atoms with Crippen LogP contribution in [0.1, 0.15) is 51.4 Å². The molecule has 0 unspecified atom stereocenters. The predicted octanol–water partition coefficient (Wildman–Crippen LogP) is 5.46. The molecule has 1 amide bonds. The van der Waals surface area contributed by atoms with E-state index in [1.807, 2.05) is 29.6 Å². The molecule has 0 spiro atoms. The lowest BCUT2D eigenvalue weighted by Gasteiger charge is -2.26. The largest absolute Gasteiger partial charge is 0.481 e. The second-order valence-corrected chi connectivity index (χ2v) is 11.1. The molecular weight excluding hydrogens is 516 g/mol. The van der Waals surface area contributed by atoms with Gasteiger partial charge in [0.1, 0.15) is 6.61 Å². The van der Waals surface area contributed by atoms with Crippen LogP contribution in [0.25, 0.3) is 22.5 Å². The number of amides is 1. The number of hydrogen-bond acceptors (Lipinski definition) is 8. The third-order valence-electron chi connectivity index (χ3n) is 7.35. The molecule has 1 atom stereocenters. The Morgan fingerprint density at radius 1 is 1.05 bits per heavy atom. The van der Waals surface area contributed by atoms with Gasteiger partial charge in [-0.25, -0.2) is 15.0 Å². The summed E-state index contributed by atoms with van der Waals surface area (Å²) in [5, 5.41) is 12.1. The average Bonchev–Trinajstić information content (AvgIpc) is 3.41. The summed E-state index contributed by atoms with van der Waals surface area (Å²) in [5.41, 5.74) is 3.20. The van der Waals surface area contributed by atoms with Gasteiger partial charge in [0, 0.05) is 35.6 Å². The van der Waals surface area contributed by atoms with Gasteiger partial charge in [0.05, 0.1) is 36.8 Å². The minimum atomic E-state index is -0.924. The Hall–Kier alpha value is -3.37. The van der Waals surface area contributed by atoms with Crippen LogP contribution in [0.2, 0.25) is 0 Å². The molecule has 5 rings (SSSR count). The molecule has 0 bridgehead atoms. The van der Waals surface area contributed by atoms with E-state index < -0.39 is 11.9 Å². The van der Waals surface area contributed by atoms with E-state index in [1.54, 1.807) is 24.4 Å². The number of benzene rings is 1. The van der Waals surface area contributed by atoms with E-state index in [1.165, 1.54) is 11.3 Å². The summed E-state index contributed by atoms with van der Waals surface area (Å²) in [6, 6.07) is 7.93. The van der Waals surface area contributed by atoms with Crippen molar-refractivity contribution in [3.63, 3.8) is 0 Å². The summed E-state index contributed by atoms with van der Waals surface area (Å²) in [7, 11) is 1.61. The van der Waals surface area contributed by atoms with Gasteiger partial charge in [-0.1, -0.05) is 49.9 Å². The number of thiazole rings is 1. The van der Waals surface area contributed by atoms with Crippen LogP contribution in [0.15, 0.2) is 42.0 Å². The molecule has 1 aromatic carbocycles. The van der Waals surface area contributed by atoms with E-state index in [9.17, 15) is 14.7 Å². The van der Waals surface area contributed by atoms with Crippen molar-refractivity contribution in [2.24, 2.45) is 11.8 Å². The van der Waals surface area contributed by atoms with Crippen LogP contribution in [0.4, 0.5) is 5.13 Å². The molecular formula is C29H34N4O5S. The molecule has 0 radical (unpaired) electrons. The number of carboxylic acids is 1. The minimum absolute atomic E-state index is 0.0862. The van der Waals surface area contributed by atoms with Crippen LogP contribution in [0.3, 0.4) is 0 Å². The molecule has 2 heterocycles. The van der Waals surface area contributed by atoms with Crippen LogP contribution in [0.5, 0.6) is 5.88 Å². The number of rotatable bonds is 13. The quantitative estimate of drug-likeness (QED) is 0.279. The molecule has 2 saturated carbocycles. The zero-order valence-corrected chi connectivity index (χ0v) is 22.9. The lowest BCUT2D eigenvalue weighted by atomic mass is 9.90. The fraction of sp³-hybridized carbons (Fsp3) is 0.483. The molecule has 0 saturated heterocycles. The number of carbonyl (C=O) groups excluding carboxylic acids is 1. The minimum Gasteiger partial charge on any atom is -0.481 e. The molecule has 2 aliphatic carbocycles. The first-order valence-electron chi connectivity index (χ1n) is 13.6. The van der Waals surface area contributed by atoms with Crippen molar-refractivity contribution in [3.8, 4) is 28.4 Å². The highest BCUT2D eigenvalue weighted by atomic mass is 32.1. The number of hydrogen-bond donors (Lipinski definition) is 1. The van der Waals surface area contributed by atoms with E-state index in [4.69, 9.17) is 14.5 Å². The summed E-state index contributed by atoms with van der Waals surface area (Å²) in [4.78, 5) is 41.1. The normalized spacial score (nSPS) is 16.2. The zero-order chi connectivity index (χ0) is 27.2. The lowest BCUT2D eigenvalue weighted by Crippen LogP contribution is -2.39. The summed E-state index contributed by atoms with van der Waals surface area (Å²) in [6.07, 6.45) is 10.1. The molecule has 2 fully saturated rings. The highest BCUT2D eigenvalue weighted by Crippen LogP contribution is 2.40. The molecule has 3 aromatic rings. The molecule has 2 aliphatic rings. The van der Waals surface area contributed by atoms with Gasteiger partial charge in [0.15, 0.2) is 5.13 Å². The smallest absolute Gasteiger partial charge is 0.304 e. The molecule has 39 heavy (non-hydrogen) atoms. The van der Waals surface area contributed by atoms with E-state index >= 15 is 0 Å². The van der Waals surface area contributed by atoms with E-state index in [0.717, 1.165) is 55.3 Å². The Bertz CT molecular complexity index is 1270. The number of nitrogens with zero attached hydrogens (tertiary/aromatic N) is 4. The Morgan fingerprint density at radius 3 is 2.44 bits per heavy atom. The van der Waals surface area contributed by atoms with E-state index in [0.29, 0.717) is 42.3 Å². The van der Waals surface area contributed by atoms with Gasteiger partial charge in [-0.05, 0) is 25.2 Å². The summed E-state index contributed by atoms with van der Waals surface area (Å²) < 4.78 is 10.5. The topological polar surface area (TPSA) is 115 Å². The van der Waals surface area contributed by atoms with Gasteiger partial charge in [-0.3, -0.25) is 14.5 Å². The first-order chi connectivity index (χ1) is 19.0. The molecule has 206 valence electrons. The van der Waals surface area contributed by atoms with Crippen molar-refractivity contribution >= 4 is 28.3 Å². The molecule has 0 aliphatic heterocycles. The van der Waals surface area contributed by atoms with Gasteiger partial charge in [0.25, 0.3) is 0 Å². The highest BCUT2D eigenvalue weighted by molar-refractivity contribution is 7.14. The number of ether oxygens (including phenoxy) is 2. The predicted molar refractivity (Wildman–Crippen MR) is 149 cm³/mol. The van der Waals surface area contributed by atoms with Gasteiger partial charge < -0.3 is 14.6 Å². The first kappa shape index (κ1) is 27.2. The maximum absolute atomic E-state index is 13.8. The standard InChI is InChI=1S/C29H34N4O5S/c1-37-12-13-38-26-17-30-24(16-31-26)22-8-4-5-9-23(22)25-18-39-29(32-25)33(21-10-11-21)28(36)20(15-27(34)35)14-19-6-2-3-7-19/h4-5,8-9,16-21H,2-3,6-7,10-15H2,1H3,(H,34,35)/t20-/m1/s1. The number of methoxy groups -OCH3 is 1. The molecule has 9 nitrogen and oxygen atoms in total. The fourth-order valence-electron chi connectivity index (χ4n) is 5.28. The summed E-state index contributed by atoms with van der Waals surface area (Å²) >= 11 is 1.42. The monoisotopic (exact) mass is 550 g/mol. The summed E-state index contributed by atoms with van der Waals surface area (Å²) in [6.45, 7) is 0.864. The van der Waals surface area contributed by atoms with Crippen LogP contribution in [-0.4, -0.2) is 58.3 Å². The average molecular weight is 551 g/mol. The highest BCUT2D eigenvalue weighted by Gasteiger charge is 2.40. The zero-order valence-electron chi connectivity index (χ0n) is 22.1. The number of aromatic nitrogens is 3. The van der Waals surface area contributed by atoms with E-state index in [-0.39, 0.29) is 18.4 Å². The second kappa shape index (κ2) is 12.7. The van der Waals surface area contributed by atoms with Crippen LogP contribution in [-0.2, 0) is 14.3 Å². The third kappa shape index (κ3) is 6.80. The van der Waals surface area contributed by atoms with Crippen molar-refractivity contribution in [1.29, 1.82) is 0 Å². The van der Waals surface area contributed by atoms with Crippen molar-refractivity contribution in [2.45, 2.75) is 57.4 Å². The third-order valence-corrected chi connectivity index (χ3v) is 8.19. The van der Waals surface area contributed by atoms with Gasteiger partial charge in [-0.15, -0.1) is 11.3 Å². The Kier molecular flexibility index (Phi) is 8.83. The van der Waals surface area contributed by atoms with Crippen molar-refractivity contribution in [3.05, 3.63) is 42.0 Å². The molecule has 10 heteroatoms. The molecule has 2 aromatic heterocycles. The number of carboxylic acid groups (broad SMARTS) is 1. The summed E-state index contributed by atoms with van der Waals surface area (Å²) in [5.74, 6) is -0.694.